The quantitative estimate of drug-likeness (QED) is 0.706. The molecular weight excluding hydrogens is 186 g/mol. The Bertz CT molecular complexity index is 270. The van der Waals surface area contributed by atoms with Gasteiger partial charge in [-0.05, 0) is 0 Å². The molecule has 1 fully saturated rings. The number of hydrogen-bond donors (Lipinski definition) is 2. The number of aliphatic hydroxyl groups excluding tert-OH is 1. The molecule has 0 bridgehead atoms. The van der Waals surface area contributed by atoms with E-state index in [4.69, 9.17) is 5.11 Å². The number of aliphatic hydroxyl groups is 1. The molecule has 5 heteroatoms. The van der Waals surface area contributed by atoms with Crippen molar-refractivity contribution in [2.75, 3.05) is 31.1 Å². The van der Waals surface area contributed by atoms with Gasteiger partial charge in [0.05, 0.1) is 12.3 Å². The molecule has 72 valence electrons. The Kier molecular flexibility index (Phi) is 2.77. The van der Waals surface area contributed by atoms with Crippen LogP contribution in [0.5, 0.6) is 0 Å². The van der Waals surface area contributed by atoms with Gasteiger partial charge < -0.3 is 15.3 Å². The minimum Gasteiger partial charge on any atom is -0.390 e. The van der Waals surface area contributed by atoms with Gasteiger partial charge in [-0.15, -0.1) is 11.3 Å². The van der Waals surface area contributed by atoms with Crippen molar-refractivity contribution in [3.05, 3.63) is 11.1 Å². The third-order valence-electron chi connectivity index (χ3n) is 2.09. The van der Waals surface area contributed by atoms with Gasteiger partial charge in [0.15, 0.2) is 5.13 Å². The van der Waals surface area contributed by atoms with Crippen LogP contribution in [0.1, 0.15) is 5.69 Å². The van der Waals surface area contributed by atoms with E-state index in [9.17, 15) is 0 Å². The third kappa shape index (κ3) is 1.99. The molecule has 0 unspecified atom stereocenters. The summed E-state index contributed by atoms with van der Waals surface area (Å²) in [6.07, 6.45) is 0. The highest BCUT2D eigenvalue weighted by atomic mass is 32.1. The number of nitrogens with zero attached hydrogens (tertiary/aromatic N) is 2. The van der Waals surface area contributed by atoms with Crippen molar-refractivity contribution in [2.24, 2.45) is 0 Å². The molecule has 2 N–H and O–H groups in total. The molecule has 2 heterocycles. The van der Waals surface area contributed by atoms with Gasteiger partial charge in [-0.1, -0.05) is 0 Å². The van der Waals surface area contributed by atoms with Crippen LogP contribution < -0.4 is 10.2 Å². The average Bonchev–Trinajstić information content (AvgIpc) is 2.67. The highest BCUT2D eigenvalue weighted by Gasteiger charge is 2.13. The molecule has 0 radical (unpaired) electrons. The van der Waals surface area contributed by atoms with E-state index in [2.05, 4.69) is 15.2 Å². The standard InChI is InChI=1S/C8H13N3OS/c12-5-7-6-13-8(10-7)11-3-1-9-2-4-11/h6,9,12H,1-5H2. The van der Waals surface area contributed by atoms with Gasteiger partial charge in [-0.3, -0.25) is 0 Å². The van der Waals surface area contributed by atoms with Crippen LogP contribution in [0.2, 0.25) is 0 Å². The van der Waals surface area contributed by atoms with Gasteiger partial charge >= 0.3 is 0 Å². The van der Waals surface area contributed by atoms with Crippen molar-refractivity contribution < 1.29 is 5.11 Å². The van der Waals surface area contributed by atoms with E-state index in [1.54, 1.807) is 11.3 Å². The van der Waals surface area contributed by atoms with Crippen molar-refractivity contribution in [2.45, 2.75) is 6.61 Å². The summed E-state index contributed by atoms with van der Waals surface area (Å²) in [5.74, 6) is 0. The van der Waals surface area contributed by atoms with Crippen LogP contribution in [0, 0.1) is 0 Å². The molecular formula is C8H13N3OS. The lowest BCUT2D eigenvalue weighted by Gasteiger charge is -2.26. The zero-order valence-corrected chi connectivity index (χ0v) is 8.18. The predicted octanol–water partition coefficient (Wildman–Crippen LogP) is 0.0450. The summed E-state index contributed by atoms with van der Waals surface area (Å²) in [6, 6.07) is 0. The van der Waals surface area contributed by atoms with Crippen LogP contribution >= 0.6 is 11.3 Å². The second kappa shape index (κ2) is 4.04. The predicted molar refractivity (Wildman–Crippen MR) is 53.1 cm³/mol. The Morgan fingerprint density at radius 1 is 1.54 bits per heavy atom. The summed E-state index contributed by atoms with van der Waals surface area (Å²) < 4.78 is 0. The zero-order chi connectivity index (χ0) is 9.10. The lowest BCUT2D eigenvalue weighted by atomic mass is 10.4. The summed E-state index contributed by atoms with van der Waals surface area (Å²) >= 11 is 1.61. The fraction of sp³-hybridized carbons (Fsp3) is 0.625. The van der Waals surface area contributed by atoms with Crippen LogP contribution in [0.3, 0.4) is 0 Å². The molecule has 1 saturated heterocycles. The first-order chi connectivity index (χ1) is 6.40. The van der Waals surface area contributed by atoms with Gasteiger partial charge in [-0.2, -0.15) is 0 Å². The molecule has 0 amide bonds. The first-order valence-electron chi connectivity index (χ1n) is 4.41. The highest BCUT2D eigenvalue weighted by molar-refractivity contribution is 7.13. The van der Waals surface area contributed by atoms with Crippen LogP contribution in [-0.2, 0) is 6.61 Å². The second-order valence-electron chi connectivity index (χ2n) is 3.02. The third-order valence-corrected chi connectivity index (χ3v) is 3.04. The number of thiazole rings is 1. The Hall–Kier alpha value is -0.650. The maximum absolute atomic E-state index is 8.86. The van der Waals surface area contributed by atoms with E-state index in [1.807, 2.05) is 5.38 Å². The van der Waals surface area contributed by atoms with Crippen LogP contribution in [0.15, 0.2) is 5.38 Å². The largest absolute Gasteiger partial charge is 0.390 e. The summed E-state index contributed by atoms with van der Waals surface area (Å²) in [5, 5.41) is 15.1. The number of nitrogens with one attached hydrogen (secondary N) is 1. The van der Waals surface area contributed by atoms with Gasteiger partial charge in [0.2, 0.25) is 0 Å². The Morgan fingerprint density at radius 3 is 2.92 bits per heavy atom. The normalized spacial score (nSPS) is 17.8. The van der Waals surface area contributed by atoms with Crippen molar-refractivity contribution in [3.63, 3.8) is 0 Å². The van der Waals surface area contributed by atoms with E-state index in [0.717, 1.165) is 37.0 Å². The highest BCUT2D eigenvalue weighted by Crippen LogP contribution is 2.20. The lowest BCUT2D eigenvalue weighted by molar-refractivity contribution is 0.277. The number of anilines is 1. The first kappa shape index (κ1) is 8.93. The molecule has 0 spiro atoms. The molecule has 0 aliphatic carbocycles. The molecule has 13 heavy (non-hydrogen) atoms. The van der Waals surface area contributed by atoms with Gasteiger partial charge in [0, 0.05) is 31.6 Å². The maximum Gasteiger partial charge on any atom is 0.185 e. The van der Waals surface area contributed by atoms with Crippen LogP contribution in [0.4, 0.5) is 5.13 Å². The zero-order valence-electron chi connectivity index (χ0n) is 7.36. The monoisotopic (exact) mass is 199 g/mol. The smallest absolute Gasteiger partial charge is 0.185 e. The minimum atomic E-state index is 0.0442. The van der Waals surface area contributed by atoms with Gasteiger partial charge in [0.1, 0.15) is 0 Å². The van der Waals surface area contributed by atoms with Crippen LogP contribution in [-0.4, -0.2) is 36.3 Å². The van der Waals surface area contributed by atoms with Crippen molar-refractivity contribution in [3.8, 4) is 0 Å². The van der Waals surface area contributed by atoms with E-state index in [1.165, 1.54) is 0 Å². The summed E-state index contributed by atoms with van der Waals surface area (Å²) in [7, 11) is 0. The van der Waals surface area contributed by atoms with Crippen molar-refractivity contribution >= 4 is 16.5 Å². The topological polar surface area (TPSA) is 48.4 Å². The second-order valence-corrected chi connectivity index (χ2v) is 3.85. The minimum absolute atomic E-state index is 0.0442. The molecule has 2 rings (SSSR count). The average molecular weight is 199 g/mol. The molecule has 0 aromatic carbocycles. The molecule has 0 saturated carbocycles. The van der Waals surface area contributed by atoms with Gasteiger partial charge in [-0.25, -0.2) is 4.98 Å². The van der Waals surface area contributed by atoms with E-state index < -0.39 is 0 Å². The van der Waals surface area contributed by atoms with Crippen molar-refractivity contribution in [1.82, 2.24) is 10.3 Å². The number of aromatic nitrogens is 1. The Morgan fingerprint density at radius 2 is 2.31 bits per heavy atom. The molecule has 1 aliphatic heterocycles. The van der Waals surface area contributed by atoms with Crippen LogP contribution in [0.25, 0.3) is 0 Å². The molecule has 1 aromatic rings. The molecule has 1 aliphatic rings. The number of hydrogen-bond acceptors (Lipinski definition) is 5. The SMILES string of the molecule is OCc1csc(N2CCNCC2)n1. The van der Waals surface area contributed by atoms with Gasteiger partial charge in [0.25, 0.3) is 0 Å². The number of rotatable bonds is 2. The first-order valence-corrected chi connectivity index (χ1v) is 5.29. The van der Waals surface area contributed by atoms with E-state index >= 15 is 0 Å². The summed E-state index contributed by atoms with van der Waals surface area (Å²) in [6.45, 7) is 4.11. The number of piperazine rings is 1. The summed E-state index contributed by atoms with van der Waals surface area (Å²) in [5.41, 5.74) is 0.776. The van der Waals surface area contributed by atoms with E-state index in [0.29, 0.717) is 0 Å². The van der Waals surface area contributed by atoms with E-state index in [-0.39, 0.29) is 6.61 Å². The lowest BCUT2D eigenvalue weighted by Crippen LogP contribution is -2.43. The molecule has 1 aromatic heterocycles. The van der Waals surface area contributed by atoms with Crippen molar-refractivity contribution in [1.29, 1.82) is 0 Å². The Labute approximate surface area is 81.2 Å². The fourth-order valence-corrected chi connectivity index (χ4v) is 2.24. The molecule has 0 atom stereocenters. The Balaban J connectivity index is 2.05. The maximum atomic E-state index is 8.86. The molecule has 4 nitrogen and oxygen atoms in total. The fourth-order valence-electron chi connectivity index (χ4n) is 1.37. The summed E-state index contributed by atoms with van der Waals surface area (Å²) in [4.78, 5) is 6.57.